The highest BCUT2D eigenvalue weighted by Gasteiger charge is 2.21. The molecule has 0 amide bonds. The summed E-state index contributed by atoms with van der Waals surface area (Å²) < 4.78 is 10.7. The van der Waals surface area contributed by atoms with Gasteiger partial charge in [-0.05, 0) is 25.3 Å². The number of allylic oxidation sites excluding steroid dienone is 3. The molecule has 3 rings (SSSR count). The SMILES string of the molecule is CC(=O)c1ccc(C(SC2=COC=CO2)C2=CC=CCC2)cc1. The van der Waals surface area contributed by atoms with Crippen LogP contribution in [0.5, 0.6) is 0 Å². The largest absolute Gasteiger partial charge is 0.465 e. The van der Waals surface area contributed by atoms with Crippen LogP contribution in [0.3, 0.4) is 0 Å². The van der Waals surface area contributed by atoms with Gasteiger partial charge in [0.25, 0.3) is 0 Å². The number of ether oxygens (including phenoxy) is 2. The fourth-order valence-corrected chi connectivity index (χ4v) is 3.61. The fourth-order valence-electron chi connectivity index (χ4n) is 2.51. The maximum atomic E-state index is 11.5. The Kier molecular flexibility index (Phi) is 5.03. The molecule has 4 heteroatoms. The van der Waals surface area contributed by atoms with Gasteiger partial charge in [0.1, 0.15) is 18.8 Å². The van der Waals surface area contributed by atoms with Gasteiger partial charge in [0.15, 0.2) is 10.9 Å². The Morgan fingerprint density at radius 1 is 1.22 bits per heavy atom. The van der Waals surface area contributed by atoms with E-state index in [-0.39, 0.29) is 11.0 Å². The molecule has 0 saturated heterocycles. The normalized spacial score (nSPS) is 17.6. The van der Waals surface area contributed by atoms with Gasteiger partial charge < -0.3 is 9.47 Å². The Morgan fingerprint density at radius 2 is 2.04 bits per heavy atom. The second kappa shape index (κ2) is 7.38. The number of ketones is 1. The average molecular weight is 326 g/mol. The van der Waals surface area contributed by atoms with E-state index in [1.54, 1.807) is 24.9 Å². The summed E-state index contributed by atoms with van der Waals surface area (Å²) in [4.78, 5) is 11.5. The fraction of sp³-hybridized carbons (Fsp3) is 0.211. The van der Waals surface area contributed by atoms with Crippen LogP contribution in [-0.4, -0.2) is 5.78 Å². The molecule has 1 aromatic carbocycles. The Balaban J connectivity index is 1.87. The summed E-state index contributed by atoms with van der Waals surface area (Å²) in [6, 6.07) is 7.81. The zero-order chi connectivity index (χ0) is 16.1. The molecule has 1 aliphatic carbocycles. The van der Waals surface area contributed by atoms with E-state index in [0.717, 1.165) is 29.1 Å². The summed E-state index contributed by atoms with van der Waals surface area (Å²) in [5, 5.41) is 0.867. The van der Waals surface area contributed by atoms with E-state index in [9.17, 15) is 4.79 Å². The van der Waals surface area contributed by atoms with Gasteiger partial charge in [0.05, 0.1) is 5.25 Å². The minimum absolute atomic E-state index is 0.0810. The summed E-state index contributed by atoms with van der Waals surface area (Å²) in [7, 11) is 0. The van der Waals surface area contributed by atoms with Crippen LogP contribution in [0.15, 0.2) is 71.9 Å². The highest BCUT2D eigenvalue weighted by molar-refractivity contribution is 8.03. The standard InChI is InChI=1S/C19H18O3S/c1-14(20)15-7-9-17(10-8-15)19(16-5-3-2-4-6-16)23-18-13-21-11-12-22-18/h2-3,5,7-13,19H,4,6H2,1H3. The molecule has 1 heterocycles. The molecule has 0 saturated carbocycles. The zero-order valence-corrected chi connectivity index (χ0v) is 13.7. The third-order valence-electron chi connectivity index (χ3n) is 3.72. The molecule has 0 spiro atoms. The van der Waals surface area contributed by atoms with Crippen molar-refractivity contribution in [2.75, 3.05) is 0 Å². The van der Waals surface area contributed by atoms with Crippen molar-refractivity contribution in [3.63, 3.8) is 0 Å². The molecular formula is C19H18O3S. The first-order valence-electron chi connectivity index (χ1n) is 7.54. The van der Waals surface area contributed by atoms with Crippen LogP contribution in [0.2, 0.25) is 0 Å². The predicted molar refractivity (Wildman–Crippen MR) is 92.6 cm³/mol. The number of hydrogen-bond acceptors (Lipinski definition) is 4. The van der Waals surface area contributed by atoms with Crippen molar-refractivity contribution in [2.45, 2.75) is 25.0 Å². The van der Waals surface area contributed by atoms with Crippen LogP contribution >= 0.6 is 11.8 Å². The molecule has 3 nitrogen and oxygen atoms in total. The first-order chi connectivity index (χ1) is 11.2. The number of Topliss-reactive ketones (excluding diaryl/α,β-unsaturated/α-hetero) is 1. The first kappa shape index (κ1) is 15.7. The molecule has 0 N–H and O–H groups in total. The van der Waals surface area contributed by atoms with Gasteiger partial charge in [-0.2, -0.15) is 0 Å². The quantitative estimate of drug-likeness (QED) is 0.692. The van der Waals surface area contributed by atoms with Crippen molar-refractivity contribution >= 4 is 17.5 Å². The third kappa shape index (κ3) is 3.96. The van der Waals surface area contributed by atoms with E-state index in [4.69, 9.17) is 9.47 Å². The summed E-state index contributed by atoms with van der Waals surface area (Å²) >= 11 is 1.62. The van der Waals surface area contributed by atoms with Crippen LogP contribution in [0.25, 0.3) is 0 Å². The van der Waals surface area contributed by atoms with Crippen LogP contribution in [-0.2, 0) is 9.47 Å². The summed E-state index contributed by atoms with van der Waals surface area (Å²) in [5.74, 6) is 0.0810. The Bertz CT molecular complexity index is 696. The number of thioether (sulfide) groups is 1. The first-order valence-corrected chi connectivity index (χ1v) is 8.42. The van der Waals surface area contributed by atoms with E-state index in [1.165, 1.54) is 18.1 Å². The average Bonchev–Trinajstić information content (AvgIpc) is 2.61. The maximum absolute atomic E-state index is 11.5. The van der Waals surface area contributed by atoms with Gasteiger partial charge in [0.2, 0.25) is 0 Å². The van der Waals surface area contributed by atoms with Crippen molar-refractivity contribution in [3.8, 4) is 0 Å². The summed E-state index contributed by atoms with van der Waals surface area (Å²) in [6.07, 6.45) is 13.2. The van der Waals surface area contributed by atoms with Gasteiger partial charge in [-0.3, -0.25) is 4.79 Å². The van der Waals surface area contributed by atoms with Gasteiger partial charge in [0, 0.05) is 5.56 Å². The Morgan fingerprint density at radius 3 is 2.65 bits per heavy atom. The summed E-state index contributed by atoms with van der Waals surface area (Å²) in [6.45, 7) is 1.58. The molecule has 2 aliphatic rings. The van der Waals surface area contributed by atoms with E-state index in [1.807, 2.05) is 24.3 Å². The number of benzene rings is 1. The topological polar surface area (TPSA) is 35.5 Å². The maximum Gasteiger partial charge on any atom is 0.196 e. The number of carbonyl (C=O) groups excluding carboxylic acids is 1. The van der Waals surface area contributed by atoms with Crippen LogP contribution in [0.4, 0.5) is 0 Å². The molecule has 23 heavy (non-hydrogen) atoms. The van der Waals surface area contributed by atoms with Crippen LogP contribution in [0.1, 0.15) is 40.9 Å². The lowest BCUT2D eigenvalue weighted by molar-refractivity contribution is 0.101. The molecular weight excluding hydrogens is 308 g/mol. The van der Waals surface area contributed by atoms with Crippen LogP contribution < -0.4 is 0 Å². The smallest absolute Gasteiger partial charge is 0.196 e. The molecule has 1 unspecified atom stereocenters. The summed E-state index contributed by atoms with van der Waals surface area (Å²) in [5.41, 5.74) is 3.22. The Labute approximate surface area is 140 Å². The lowest BCUT2D eigenvalue weighted by atomic mass is 9.96. The Hall–Kier alpha value is -2.20. The highest BCUT2D eigenvalue weighted by Crippen LogP contribution is 2.43. The van der Waals surface area contributed by atoms with Gasteiger partial charge in [-0.15, -0.1) is 0 Å². The van der Waals surface area contributed by atoms with Crippen molar-refractivity contribution in [3.05, 3.63) is 83.1 Å². The lowest BCUT2D eigenvalue weighted by Crippen LogP contribution is -2.03. The van der Waals surface area contributed by atoms with Gasteiger partial charge >= 0.3 is 0 Å². The van der Waals surface area contributed by atoms with Crippen LogP contribution in [0, 0.1) is 0 Å². The van der Waals surface area contributed by atoms with Crippen molar-refractivity contribution < 1.29 is 14.3 Å². The number of rotatable bonds is 5. The van der Waals surface area contributed by atoms with E-state index < -0.39 is 0 Å². The van der Waals surface area contributed by atoms with Gasteiger partial charge in [-0.25, -0.2) is 0 Å². The molecule has 0 fully saturated rings. The number of carbonyl (C=O) groups is 1. The highest BCUT2D eigenvalue weighted by atomic mass is 32.2. The second-order valence-corrected chi connectivity index (χ2v) is 6.46. The third-order valence-corrected chi connectivity index (χ3v) is 4.95. The molecule has 118 valence electrons. The monoisotopic (exact) mass is 326 g/mol. The van der Waals surface area contributed by atoms with E-state index in [0.29, 0.717) is 0 Å². The zero-order valence-electron chi connectivity index (χ0n) is 12.9. The molecule has 0 bridgehead atoms. The van der Waals surface area contributed by atoms with Gasteiger partial charge in [-0.1, -0.05) is 59.8 Å². The molecule has 0 radical (unpaired) electrons. The predicted octanol–water partition coefficient (Wildman–Crippen LogP) is 5.26. The molecule has 1 aromatic rings. The molecule has 1 aliphatic heterocycles. The molecule has 0 aromatic heterocycles. The van der Waals surface area contributed by atoms with Crippen molar-refractivity contribution in [2.24, 2.45) is 0 Å². The minimum atomic E-state index is 0.0810. The second-order valence-electron chi connectivity index (χ2n) is 5.35. The van der Waals surface area contributed by atoms with Crippen molar-refractivity contribution in [1.29, 1.82) is 0 Å². The lowest BCUT2D eigenvalue weighted by Gasteiger charge is -2.23. The van der Waals surface area contributed by atoms with Crippen molar-refractivity contribution in [1.82, 2.24) is 0 Å². The molecule has 1 atom stereocenters. The van der Waals surface area contributed by atoms with E-state index in [2.05, 4.69) is 18.2 Å². The number of hydrogen-bond donors (Lipinski definition) is 0. The van der Waals surface area contributed by atoms with E-state index >= 15 is 0 Å². The minimum Gasteiger partial charge on any atom is -0.465 e.